The lowest BCUT2D eigenvalue weighted by atomic mass is 10.1. The molecule has 4 rings (SSSR count). The third-order valence-electron chi connectivity index (χ3n) is 4.94. The number of hydrogen-bond acceptors (Lipinski definition) is 7. The van der Waals surface area contributed by atoms with E-state index in [1.807, 2.05) is 0 Å². The normalized spacial score (nSPS) is 15.1. The number of nitro groups is 1. The summed E-state index contributed by atoms with van der Waals surface area (Å²) in [4.78, 5) is 53.8. The van der Waals surface area contributed by atoms with Crippen LogP contribution in [0.2, 0.25) is 0 Å². The number of carbonyl (C=O) groups is 2. The molecule has 31 heavy (non-hydrogen) atoms. The van der Waals surface area contributed by atoms with Crippen molar-refractivity contribution in [1.82, 2.24) is 14.9 Å². The molecule has 1 N–H and O–H groups in total. The summed E-state index contributed by atoms with van der Waals surface area (Å²) in [5.74, 6) is -0.430. The second-order valence-electron chi connectivity index (χ2n) is 6.83. The molecule has 1 aliphatic heterocycles. The van der Waals surface area contributed by atoms with Crippen LogP contribution >= 0.6 is 0 Å². The standard InChI is InChI=1S/C20H17N5O6/c1-21-19(27)17-9-24(15-4-2-3-5-16(15)31-17)18(26)10-23-11-22-14-8-12(25(29)30)6-7-13(14)20(23)28/h2-8,11,17H,9-10H2,1H3,(H,21,27). The van der Waals surface area contributed by atoms with Crippen LogP contribution in [0, 0.1) is 10.1 Å². The Labute approximate surface area is 175 Å². The monoisotopic (exact) mass is 423 g/mol. The molecule has 1 aromatic heterocycles. The lowest BCUT2D eigenvalue weighted by Crippen LogP contribution is -2.51. The number of aromatic nitrogens is 2. The number of nitrogens with one attached hydrogen (secondary N) is 1. The molecular formula is C20H17N5O6. The van der Waals surface area contributed by atoms with E-state index in [-0.39, 0.29) is 35.6 Å². The molecule has 158 valence electrons. The van der Waals surface area contributed by atoms with E-state index >= 15 is 0 Å². The molecule has 2 heterocycles. The van der Waals surface area contributed by atoms with Crippen molar-refractivity contribution in [1.29, 1.82) is 0 Å². The first-order chi connectivity index (χ1) is 14.9. The Morgan fingerprint density at radius 1 is 1.29 bits per heavy atom. The van der Waals surface area contributed by atoms with Crippen molar-refractivity contribution in [3.8, 4) is 5.75 Å². The fourth-order valence-corrected chi connectivity index (χ4v) is 3.37. The highest BCUT2D eigenvalue weighted by Gasteiger charge is 2.33. The van der Waals surface area contributed by atoms with Gasteiger partial charge in [-0.2, -0.15) is 0 Å². The van der Waals surface area contributed by atoms with Crippen LogP contribution in [0.1, 0.15) is 0 Å². The smallest absolute Gasteiger partial charge is 0.271 e. The molecule has 0 spiro atoms. The van der Waals surface area contributed by atoms with E-state index in [1.54, 1.807) is 24.3 Å². The Bertz CT molecular complexity index is 1270. The minimum atomic E-state index is -0.893. The molecule has 0 fully saturated rings. The number of carbonyl (C=O) groups excluding carboxylic acids is 2. The Morgan fingerprint density at radius 2 is 2.06 bits per heavy atom. The zero-order valence-electron chi connectivity index (χ0n) is 16.3. The van der Waals surface area contributed by atoms with E-state index in [9.17, 15) is 24.5 Å². The molecule has 0 saturated heterocycles. The van der Waals surface area contributed by atoms with Crippen molar-refractivity contribution in [2.24, 2.45) is 0 Å². The largest absolute Gasteiger partial charge is 0.477 e. The summed E-state index contributed by atoms with van der Waals surface area (Å²) < 4.78 is 6.81. The summed E-state index contributed by atoms with van der Waals surface area (Å²) in [6, 6.07) is 10.5. The predicted molar refractivity (Wildman–Crippen MR) is 110 cm³/mol. The molecule has 0 aliphatic carbocycles. The SMILES string of the molecule is CNC(=O)C1CN(C(=O)Cn2cnc3cc([N+](=O)[O-])ccc3c2=O)c2ccccc2O1. The number of fused-ring (bicyclic) bond motifs is 2. The van der Waals surface area contributed by atoms with Crippen molar-refractivity contribution in [2.75, 3.05) is 18.5 Å². The second-order valence-corrected chi connectivity index (χ2v) is 6.83. The number of amides is 2. The first kappa shape index (κ1) is 20.0. The van der Waals surface area contributed by atoms with Crippen molar-refractivity contribution in [2.45, 2.75) is 12.6 Å². The highest BCUT2D eigenvalue weighted by molar-refractivity contribution is 5.97. The van der Waals surface area contributed by atoms with Crippen molar-refractivity contribution in [3.05, 3.63) is 69.3 Å². The van der Waals surface area contributed by atoms with Crippen LogP contribution in [0.25, 0.3) is 10.9 Å². The number of para-hydroxylation sites is 2. The maximum atomic E-state index is 13.1. The van der Waals surface area contributed by atoms with E-state index in [1.165, 1.54) is 36.5 Å². The highest BCUT2D eigenvalue weighted by atomic mass is 16.6. The quantitative estimate of drug-likeness (QED) is 0.485. The average molecular weight is 423 g/mol. The maximum Gasteiger partial charge on any atom is 0.271 e. The van der Waals surface area contributed by atoms with Crippen molar-refractivity contribution < 1.29 is 19.2 Å². The predicted octanol–water partition coefficient (Wildman–Crippen LogP) is 0.845. The molecule has 11 heteroatoms. The van der Waals surface area contributed by atoms with Gasteiger partial charge in [0.05, 0.1) is 34.4 Å². The number of nitro benzene ring substituents is 1. The number of nitrogens with zero attached hydrogens (tertiary/aromatic N) is 4. The van der Waals surface area contributed by atoms with E-state index in [0.717, 1.165) is 4.57 Å². The van der Waals surface area contributed by atoms with Gasteiger partial charge in [-0.15, -0.1) is 0 Å². The average Bonchev–Trinajstić information content (AvgIpc) is 2.79. The third kappa shape index (κ3) is 3.68. The van der Waals surface area contributed by atoms with Gasteiger partial charge in [-0.1, -0.05) is 12.1 Å². The first-order valence-corrected chi connectivity index (χ1v) is 9.30. The maximum absolute atomic E-state index is 13.1. The summed E-state index contributed by atoms with van der Waals surface area (Å²) in [7, 11) is 1.48. The lowest BCUT2D eigenvalue weighted by molar-refractivity contribution is -0.384. The number of rotatable bonds is 4. The zero-order valence-corrected chi connectivity index (χ0v) is 16.3. The van der Waals surface area contributed by atoms with Crippen molar-refractivity contribution in [3.63, 3.8) is 0 Å². The third-order valence-corrected chi connectivity index (χ3v) is 4.94. The number of benzene rings is 2. The topological polar surface area (TPSA) is 137 Å². The molecule has 0 radical (unpaired) electrons. The number of anilines is 1. The number of non-ortho nitro benzene ring substituents is 1. The number of hydrogen-bond donors (Lipinski definition) is 1. The van der Waals surface area contributed by atoms with Crippen molar-refractivity contribution >= 4 is 34.1 Å². The molecule has 1 unspecified atom stereocenters. The van der Waals surface area contributed by atoms with Gasteiger partial charge in [0, 0.05) is 19.2 Å². The van der Waals surface area contributed by atoms with Crippen LogP contribution in [-0.4, -0.2) is 46.0 Å². The van der Waals surface area contributed by atoms with Crippen LogP contribution in [-0.2, 0) is 16.1 Å². The highest BCUT2D eigenvalue weighted by Crippen LogP contribution is 2.33. The Balaban J connectivity index is 1.66. The zero-order chi connectivity index (χ0) is 22.1. The van der Waals surface area contributed by atoms with E-state index in [2.05, 4.69) is 10.3 Å². The van der Waals surface area contributed by atoms with Gasteiger partial charge in [0.15, 0.2) is 6.10 Å². The Morgan fingerprint density at radius 3 is 2.81 bits per heavy atom. The molecule has 2 aromatic carbocycles. The summed E-state index contributed by atoms with van der Waals surface area (Å²) in [5.41, 5.74) is -0.0274. The van der Waals surface area contributed by atoms with Gasteiger partial charge in [0.25, 0.3) is 17.2 Å². The second kappa shape index (κ2) is 7.86. The van der Waals surface area contributed by atoms with E-state index < -0.39 is 22.5 Å². The molecule has 3 aromatic rings. The first-order valence-electron chi connectivity index (χ1n) is 9.30. The molecule has 0 bridgehead atoms. The molecule has 1 aliphatic rings. The van der Waals surface area contributed by atoms with Gasteiger partial charge in [-0.05, 0) is 18.2 Å². The molecule has 11 nitrogen and oxygen atoms in total. The van der Waals surface area contributed by atoms with Gasteiger partial charge in [0.2, 0.25) is 5.91 Å². The van der Waals surface area contributed by atoms with E-state index in [4.69, 9.17) is 4.74 Å². The lowest BCUT2D eigenvalue weighted by Gasteiger charge is -2.34. The fraction of sp³-hybridized carbons (Fsp3) is 0.200. The van der Waals surface area contributed by atoms with Gasteiger partial charge in [0.1, 0.15) is 12.3 Å². The number of ether oxygens (including phenoxy) is 1. The summed E-state index contributed by atoms with van der Waals surface area (Å²) in [6.07, 6.45) is 0.283. The molecule has 2 amide bonds. The van der Waals surface area contributed by atoms with Crippen LogP contribution < -0.4 is 20.5 Å². The van der Waals surface area contributed by atoms with E-state index in [0.29, 0.717) is 11.4 Å². The van der Waals surface area contributed by atoms with Gasteiger partial charge in [-0.3, -0.25) is 29.1 Å². The Hall–Kier alpha value is -4.28. The minimum absolute atomic E-state index is 0.0164. The van der Waals surface area contributed by atoms with Crippen LogP contribution in [0.5, 0.6) is 5.75 Å². The number of likely N-dealkylation sites (N-methyl/N-ethyl adjacent to an activating group) is 1. The van der Waals surface area contributed by atoms with Gasteiger partial charge in [-0.25, -0.2) is 4.98 Å². The van der Waals surface area contributed by atoms with Crippen LogP contribution in [0.4, 0.5) is 11.4 Å². The van der Waals surface area contributed by atoms with Gasteiger partial charge >= 0.3 is 0 Å². The minimum Gasteiger partial charge on any atom is -0.477 e. The summed E-state index contributed by atoms with van der Waals surface area (Å²) >= 11 is 0. The summed E-state index contributed by atoms with van der Waals surface area (Å²) in [5, 5.41) is 13.6. The molecule has 1 atom stereocenters. The van der Waals surface area contributed by atoms with Crippen LogP contribution in [0.15, 0.2) is 53.6 Å². The fourth-order valence-electron chi connectivity index (χ4n) is 3.37. The Kier molecular flexibility index (Phi) is 5.07. The molecular weight excluding hydrogens is 406 g/mol. The van der Waals surface area contributed by atoms with Crippen LogP contribution in [0.3, 0.4) is 0 Å². The summed E-state index contributed by atoms with van der Waals surface area (Å²) in [6.45, 7) is -0.342. The molecule has 0 saturated carbocycles. The van der Waals surface area contributed by atoms with Gasteiger partial charge < -0.3 is 15.0 Å².